The van der Waals surface area contributed by atoms with Gasteiger partial charge in [0.1, 0.15) is 5.82 Å². The van der Waals surface area contributed by atoms with Crippen LogP contribution in [-0.4, -0.2) is 16.0 Å². The van der Waals surface area contributed by atoms with Crippen LogP contribution in [0.5, 0.6) is 0 Å². The topological polar surface area (TPSA) is 63.8 Å². The summed E-state index contributed by atoms with van der Waals surface area (Å²) in [5.41, 5.74) is 6.54. The van der Waals surface area contributed by atoms with Gasteiger partial charge in [-0.2, -0.15) is 4.98 Å². The zero-order valence-corrected chi connectivity index (χ0v) is 10.0. The molecule has 1 aliphatic carbocycles. The van der Waals surface area contributed by atoms with Crippen molar-refractivity contribution < 1.29 is 0 Å². The predicted octanol–water partition coefficient (Wildman–Crippen LogP) is 2.36. The summed E-state index contributed by atoms with van der Waals surface area (Å²) in [7, 11) is 0. The Morgan fingerprint density at radius 3 is 2.56 bits per heavy atom. The molecule has 0 unspecified atom stereocenters. The first-order valence-corrected chi connectivity index (χ1v) is 6.01. The minimum Gasteiger partial charge on any atom is -0.368 e. The number of nitrogens with two attached hydrogens (primary N) is 1. The lowest BCUT2D eigenvalue weighted by atomic mass is 9.87. The van der Waals surface area contributed by atoms with Crippen LogP contribution in [0.1, 0.15) is 38.3 Å². The zero-order chi connectivity index (χ0) is 11.5. The number of hydrogen-bond donors (Lipinski definition) is 2. The van der Waals surface area contributed by atoms with Gasteiger partial charge in [0.15, 0.2) is 0 Å². The van der Waals surface area contributed by atoms with Crippen LogP contribution in [-0.2, 0) is 0 Å². The highest BCUT2D eigenvalue weighted by Crippen LogP contribution is 2.25. The van der Waals surface area contributed by atoms with E-state index in [0.717, 1.165) is 17.4 Å². The maximum atomic E-state index is 5.62. The maximum absolute atomic E-state index is 5.62. The van der Waals surface area contributed by atoms with Crippen LogP contribution in [0.4, 0.5) is 11.8 Å². The molecule has 1 fully saturated rings. The number of anilines is 2. The Morgan fingerprint density at radius 2 is 1.94 bits per heavy atom. The summed E-state index contributed by atoms with van der Waals surface area (Å²) in [4.78, 5) is 8.27. The van der Waals surface area contributed by atoms with Gasteiger partial charge >= 0.3 is 0 Å². The summed E-state index contributed by atoms with van der Waals surface area (Å²) in [6, 6.07) is 2.50. The van der Waals surface area contributed by atoms with Crippen molar-refractivity contribution in [1.29, 1.82) is 0 Å². The Bertz CT molecular complexity index is 336. The van der Waals surface area contributed by atoms with Gasteiger partial charge in [-0.3, -0.25) is 0 Å². The molecule has 0 radical (unpaired) electrons. The number of aromatic nitrogens is 2. The molecule has 16 heavy (non-hydrogen) atoms. The van der Waals surface area contributed by atoms with E-state index in [4.69, 9.17) is 5.73 Å². The van der Waals surface area contributed by atoms with Crippen LogP contribution in [0.15, 0.2) is 6.07 Å². The van der Waals surface area contributed by atoms with Crippen molar-refractivity contribution >= 4 is 11.8 Å². The fraction of sp³-hybridized carbons (Fsp3) is 0.667. The number of nitrogens with one attached hydrogen (secondary N) is 1. The summed E-state index contributed by atoms with van der Waals surface area (Å²) in [5, 5.41) is 3.45. The smallest absolute Gasteiger partial charge is 0.222 e. The molecule has 4 nitrogen and oxygen atoms in total. The molecule has 1 saturated carbocycles. The molecular weight excluding hydrogens is 200 g/mol. The third-order valence-corrected chi connectivity index (χ3v) is 3.24. The van der Waals surface area contributed by atoms with E-state index in [0.29, 0.717) is 12.0 Å². The van der Waals surface area contributed by atoms with Crippen molar-refractivity contribution in [2.45, 2.75) is 45.6 Å². The lowest BCUT2D eigenvalue weighted by molar-refractivity contribution is 0.361. The first-order valence-electron chi connectivity index (χ1n) is 6.01. The first kappa shape index (κ1) is 11.2. The van der Waals surface area contributed by atoms with Gasteiger partial charge in [-0.05, 0) is 38.5 Å². The van der Waals surface area contributed by atoms with E-state index in [1.807, 2.05) is 13.0 Å². The summed E-state index contributed by atoms with van der Waals surface area (Å²) in [5.74, 6) is 2.09. The van der Waals surface area contributed by atoms with Crippen molar-refractivity contribution in [3.8, 4) is 0 Å². The molecule has 0 atom stereocenters. The van der Waals surface area contributed by atoms with E-state index in [9.17, 15) is 0 Å². The quantitative estimate of drug-likeness (QED) is 0.803. The van der Waals surface area contributed by atoms with Crippen LogP contribution >= 0.6 is 0 Å². The Morgan fingerprint density at radius 1 is 1.25 bits per heavy atom. The average Bonchev–Trinajstić information content (AvgIpc) is 2.20. The van der Waals surface area contributed by atoms with Gasteiger partial charge < -0.3 is 11.1 Å². The van der Waals surface area contributed by atoms with Gasteiger partial charge in [0.2, 0.25) is 5.95 Å². The Kier molecular flexibility index (Phi) is 3.27. The molecule has 0 aromatic carbocycles. The normalized spacial score (nSPS) is 25.4. The summed E-state index contributed by atoms with van der Waals surface area (Å²) in [6.45, 7) is 4.26. The van der Waals surface area contributed by atoms with Gasteiger partial charge in [0, 0.05) is 17.8 Å². The van der Waals surface area contributed by atoms with Crippen LogP contribution in [0, 0.1) is 12.8 Å². The molecular formula is C12H20N4. The van der Waals surface area contributed by atoms with E-state index in [1.54, 1.807) is 0 Å². The van der Waals surface area contributed by atoms with Crippen LogP contribution < -0.4 is 11.1 Å². The van der Waals surface area contributed by atoms with Crippen molar-refractivity contribution in [1.82, 2.24) is 9.97 Å². The molecule has 1 aromatic heterocycles. The molecule has 3 N–H and O–H groups in total. The van der Waals surface area contributed by atoms with Gasteiger partial charge in [-0.25, -0.2) is 4.98 Å². The molecule has 0 amide bonds. The third kappa shape index (κ3) is 2.84. The lowest BCUT2D eigenvalue weighted by Crippen LogP contribution is -2.25. The van der Waals surface area contributed by atoms with E-state index in [-0.39, 0.29) is 0 Å². The van der Waals surface area contributed by atoms with Crippen molar-refractivity contribution in [3.63, 3.8) is 0 Å². The highest BCUT2D eigenvalue weighted by atomic mass is 15.1. The highest BCUT2D eigenvalue weighted by molar-refractivity contribution is 5.41. The van der Waals surface area contributed by atoms with Crippen LogP contribution in [0.25, 0.3) is 0 Å². The van der Waals surface area contributed by atoms with Crippen molar-refractivity contribution in [3.05, 3.63) is 11.8 Å². The monoisotopic (exact) mass is 220 g/mol. The number of nitrogens with zero attached hydrogens (tertiary/aromatic N) is 2. The molecule has 0 aliphatic heterocycles. The van der Waals surface area contributed by atoms with Gasteiger partial charge in [0.05, 0.1) is 0 Å². The lowest BCUT2D eigenvalue weighted by Gasteiger charge is -2.27. The van der Waals surface area contributed by atoms with E-state index >= 15 is 0 Å². The number of hydrogen-bond acceptors (Lipinski definition) is 4. The fourth-order valence-corrected chi connectivity index (χ4v) is 2.28. The average molecular weight is 220 g/mol. The fourth-order valence-electron chi connectivity index (χ4n) is 2.28. The molecule has 0 saturated heterocycles. The Balaban J connectivity index is 1.98. The van der Waals surface area contributed by atoms with E-state index < -0.39 is 0 Å². The molecule has 1 heterocycles. The third-order valence-electron chi connectivity index (χ3n) is 3.24. The Labute approximate surface area is 96.7 Å². The standard InChI is InChI=1S/C12H20N4/c1-8-3-5-10(6-4-8)15-11-7-9(2)14-12(13)16-11/h7-8,10H,3-6H2,1-2H3,(H3,13,14,15,16). The Hall–Kier alpha value is -1.32. The minimum absolute atomic E-state index is 0.353. The predicted molar refractivity (Wildman–Crippen MR) is 66.2 cm³/mol. The van der Waals surface area contributed by atoms with Crippen LogP contribution in [0.3, 0.4) is 0 Å². The summed E-state index contributed by atoms with van der Waals surface area (Å²) in [6.07, 6.45) is 5.06. The molecule has 0 bridgehead atoms. The molecule has 1 aromatic rings. The molecule has 4 heteroatoms. The largest absolute Gasteiger partial charge is 0.368 e. The highest BCUT2D eigenvalue weighted by Gasteiger charge is 2.18. The second kappa shape index (κ2) is 4.68. The zero-order valence-electron chi connectivity index (χ0n) is 10.0. The van der Waals surface area contributed by atoms with Crippen LogP contribution in [0.2, 0.25) is 0 Å². The van der Waals surface area contributed by atoms with Crippen molar-refractivity contribution in [2.24, 2.45) is 5.92 Å². The van der Waals surface area contributed by atoms with E-state index in [2.05, 4.69) is 22.2 Å². The number of rotatable bonds is 2. The number of nitrogen functional groups attached to an aromatic ring is 1. The second-order valence-corrected chi connectivity index (χ2v) is 4.85. The van der Waals surface area contributed by atoms with Gasteiger partial charge in [-0.15, -0.1) is 0 Å². The molecule has 1 aliphatic rings. The summed E-state index contributed by atoms with van der Waals surface area (Å²) >= 11 is 0. The van der Waals surface area contributed by atoms with Gasteiger partial charge in [-0.1, -0.05) is 6.92 Å². The van der Waals surface area contributed by atoms with E-state index in [1.165, 1.54) is 25.7 Å². The molecule has 0 spiro atoms. The summed E-state index contributed by atoms with van der Waals surface area (Å²) < 4.78 is 0. The molecule has 2 rings (SSSR count). The van der Waals surface area contributed by atoms with Gasteiger partial charge in [0.25, 0.3) is 0 Å². The first-order chi connectivity index (χ1) is 7.63. The molecule has 88 valence electrons. The maximum Gasteiger partial charge on any atom is 0.222 e. The number of aryl methyl sites for hydroxylation is 1. The minimum atomic E-state index is 0.353. The van der Waals surface area contributed by atoms with Crippen molar-refractivity contribution in [2.75, 3.05) is 11.1 Å². The SMILES string of the molecule is Cc1cc(NC2CCC(C)CC2)nc(N)n1. The second-order valence-electron chi connectivity index (χ2n) is 4.85.